The molecule has 1 N–H and O–H groups in total. The van der Waals surface area contributed by atoms with Crippen LogP contribution in [0, 0.1) is 5.82 Å². The van der Waals surface area contributed by atoms with Gasteiger partial charge in [-0.05, 0) is 49.2 Å². The number of fused-ring (bicyclic) bond motifs is 3. The number of aliphatic hydroxyl groups excluding tert-OH is 1. The Morgan fingerprint density at radius 2 is 1.85 bits per heavy atom. The van der Waals surface area contributed by atoms with Crippen molar-refractivity contribution in [1.29, 1.82) is 0 Å². The van der Waals surface area contributed by atoms with Crippen LogP contribution in [0.3, 0.4) is 0 Å². The Bertz CT molecular complexity index is 1230. The van der Waals surface area contributed by atoms with E-state index in [9.17, 15) is 9.50 Å². The average molecular weight is 486 g/mol. The number of hydrogen-bond donors (Lipinski definition) is 1. The van der Waals surface area contributed by atoms with Crippen molar-refractivity contribution in [1.82, 2.24) is 9.55 Å². The quantitative estimate of drug-likeness (QED) is 0.514. The number of rotatable bonds is 5. The zero-order valence-corrected chi connectivity index (χ0v) is 21.8. The molecule has 4 rings (SSSR count). The molecular formula is C25H29ClFN3O2Si. The van der Waals surface area contributed by atoms with Crippen LogP contribution in [0.2, 0.25) is 10.1 Å². The van der Waals surface area contributed by atoms with Gasteiger partial charge in [-0.2, -0.15) is 0 Å². The molecule has 0 bridgehead atoms. The van der Waals surface area contributed by atoms with Crippen LogP contribution < -0.4 is 0 Å². The molecule has 0 radical (unpaired) electrons. The van der Waals surface area contributed by atoms with E-state index in [1.165, 1.54) is 6.07 Å². The Morgan fingerprint density at radius 3 is 2.52 bits per heavy atom. The van der Waals surface area contributed by atoms with Gasteiger partial charge in [0, 0.05) is 16.1 Å². The molecule has 0 unspecified atom stereocenters. The SMILES string of the molecule is CC(C)(C)[SiH2]OC(C)(C)c1nc2n(c1CO)-c1ccc(Cl)cc1C(c1ccccc1F)=NC2. The maximum Gasteiger partial charge on any atom is 0.168 e. The number of hydrogen-bond acceptors (Lipinski definition) is 4. The number of nitrogens with zero attached hydrogens (tertiary/aromatic N) is 3. The van der Waals surface area contributed by atoms with E-state index in [1.807, 2.05) is 24.5 Å². The molecule has 0 saturated carbocycles. The summed E-state index contributed by atoms with van der Waals surface area (Å²) < 4.78 is 23.0. The topological polar surface area (TPSA) is 59.6 Å². The third-order valence-corrected chi connectivity index (χ3v) is 7.56. The summed E-state index contributed by atoms with van der Waals surface area (Å²) in [6, 6.07) is 12.0. The van der Waals surface area contributed by atoms with E-state index in [-0.39, 0.29) is 24.0 Å². The summed E-state index contributed by atoms with van der Waals surface area (Å²) in [5.41, 5.74) is 3.03. The number of benzene rings is 2. The Labute approximate surface area is 201 Å². The van der Waals surface area contributed by atoms with Gasteiger partial charge >= 0.3 is 0 Å². The second kappa shape index (κ2) is 8.80. The van der Waals surface area contributed by atoms with Gasteiger partial charge < -0.3 is 9.53 Å². The highest BCUT2D eigenvalue weighted by Gasteiger charge is 2.34. The van der Waals surface area contributed by atoms with Gasteiger partial charge in [-0.1, -0.05) is 44.5 Å². The van der Waals surface area contributed by atoms with Crippen LogP contribution in [0.25, 0.3) is 5.69 Å². The molecule has 1 aliphatic heterocycles. The van der Waals surface area contributed by atoms with Crippen LogP contribution >= 0.6 is 11.6 Å². The van der Waals surface area contributed by atoms with E-state index in [0.29, 0.717) is 39.1 Å². The molecule has 5 nitrogen and oxygen atoms in total. The highest BCUT2D eigenvalue weighted by Crippen LogP contribution is 2.36. The third-order valence-electron chi connectivity index (χ3n) is 5.59. The molecule has 3 aromatic rings. The lowest BCUT2D eigenvalue weighted by molar-refractivity contribution is 0.101. The minimum atomic E-state index is -0.859. The molecule has 0 amide bonds. The van der Waals surface area contributed by atoms with Gasteiger partial charge in [0.05, 0.1) is 41.5 Å². The van der Waals surface area contributed by atoms with E-state index in [0.717, 1.165) is 5.69 Å². The van der Waals surface area contributed by atoms with Crippen molar-refractivity contribution in [2.45, 2.75) is 58.4 Å². The summed E-state index contributed by atoms with van der Waals surface area (Å²) in [5.74, 6) is 0.310. The van der Waals surface area contributed by atoms with Gasteiger partial charge in [-0.25, -0.2) is 9.37 Å². The lowest BCUT2D eigenvalue weighted by Gasteiger charge is -2.29. The zero-order chi connectivity index (χ0) is 24.0. The summed E-state index contributed by atoms with van der Waals surface area (Å²) in [6.07, 6.45) is 0. The van der Waals surface area contributed by atoms with Crippen LogP contribution in [-0.2, 0) is 23.2 Å². The summed E-state index contributed by atoms with van der Waals surface area (Å²) in [4.78, 5) is 9.65. The van der Waals surface area contributed by atoms with Gasteiger partial charge in [0.1, 0.15) is 11.6 Å². The first-order chi connectivity index (χ1) is 15.5. The predicted molar refractivity (Wildman–Crippen MR) is 133 cm³/mol. The number of aliphatic imine (C=N–C) groups is 1. The lowest BCUT2D eigenvalue weighted by atomic mass is 9.99. The number of aliphatic hydroxyl groups is 1. The number of halogens is 2. The molecule has 2 aromatic carbocycles. The Kier molecular flexibility index (Phi) is 6.35. The van der Waals surface area contributed by atoms with Gasteiger partial charge in [0.25, 0.3) is 0 Å². The van der Waals surface area contributed by atoms with Gasteiger partial charge in [0.15, 0.2) is 9.76 Å². The van der Waals surface area contributed by atoms with Gasteiger partial charge in [-0.3, -0.25) is 9.56 Å². The molecule has 0 aliphatic carbocycles. The smallest absolute Gasteiger partial charge is 0.168 e. The van der Waals surface area contributed by atoms with Crippen molar-refractivity contribution in [2.24, 2.45) is 4.99 Å². The molecule has 1 aromatic heterocycles. The van der Waals surface area contributed by atoms with Crippen LogP contribution in [0.15, 0.2) is 47.5 Å². The minimum Gasteiger partial charge on any atom is -0.413 e. The van der Waals surface area contributed by atoms with Crippen LogP contribution in [0.1, 0.15) is 63.0 Å². The highest BCUT2D eigenvalue weighted by atomic mass is 35.5. The fourth-order valence-corrected chi connectivity index (χ4v) is 5.10. The standard InChI is InChI=1S/C25H29ClFN3O2Si/c1-24(2,3)33-32-25(4,5)23-20(14-31)30-19-11-10-15(26)12-17(19)22(28-13-21(30)29-23)16-8-6-7-9-18(16)27/h6-12,31H,13-14,33H2,1-5H3. The second-order valence-corrected chi connectivity index (χ2v) is 13.1. The molecule has 1 aliphatic rings. The first-order valence-corrected chi connectivity index (χ1v) is 12.6. The normalized spacial score (nSPS) is 14.2. The first kappa shape index (κ1) is 23.8. The second-order valence-electron chi connectivity index (χ2n) is 9.98. The molecule has 0 atom stereocenters. The van der Waals surface area contributed by atoms with Gasteiger partial charge in [-0.15, -0.1) is 0 Å². The van der Waals surface area contributed by atoms with Crippen LogP contribution in [0.5, 0.6) is 0 Å². The Morgan fingerprint density at radius 1 is 1.12 bits per heavy atom. The minimum absolute atomic E-state index is 0.121. The van der Waals surface area contributed by atoms with E-state index in [2.05, 4.69) is 20.8 Å². The fraction of sp³-hybridized carbons (Fsp3) is 0.360. The van der Waals surface area contributed by atoms with Gasteiger partial charge in [0.2, 0.25) is 0 Å². The maximum absolute atomic E-state index is 14.7. The van der Waals surface area contributed by atoms with Crippen LogP contribution in [0.4, 0.5) is 4.39 Å². The monoisotopic (exact) mass is 485 g/mol. The molecule has 8 heteroatoms. The van der Waals surface area contributed by atoms with Crippen molar-refractivity contribution in [3.8, 4) is 5.69 Å². The molecule has 2 heterocycles. The fourth-order valence-electron chi connectivity index (χ4n) is 4.00. The third kappa shape index (κ3) is 4.68. The highest BCUT2D eigenvalue weighted by molar-refractivity contribution is 6.32. The Balaban J connectivity index is 1.89. The van der Waals surface area contributed by atoms with Crippen molar-refractivity contribution >= 4 is 27.1 Å². The van der Waals surface area contributed by atoms with Crippen molar-refractivity contribution < 1.29 is 13.9 Å². The van der Waals surface area contributed by atoms with E-state index in [4.69, 9.17) is 26.0 Å². The van der Waals surface area contributed by atoms with Crippen molar-refractivity contribution in [2.75, 3.05) is 0 Å². The molecule has 0 fully saturated rings. The largest absolute Gasteiger partial charge is 0.413 e. The van der Waals surface area contributed by atoms with Crippen LogP contribution in [-0.4, -0.2) is 30.1 Å². The van der Waals surface area contributed by atoms with E-state index in [1.54, 1.807) is 30.3 Å². The first-order valence-electron chi connectivity index (χ1n) is 11.0. The number of imidazole rings is 1. The molecule has 0 spiro atoms. The predicted octanol–water partition coefficient (Wildman–Crippen LogP) is 5.06. The summed E-state index contributed by atoms with van der Waals surface area (Å²) in [6.45, 7) is 10.5. The lowest BCUT2D eigenvalue weighted by Crippen LogP contribution is -2.29. The summed E-state index contributed by atoms with van der Waals surface area (Å²) >= 11 is 6.35. The average Bonchev–Trinajstić information content (AvgIpc) is 3.05. The molecule has 33 heavy (non-hydrogen) atoms. The maximum atomic E-state index is 14.7. The number of aromatic nitrogens is 2. The van der Waals surface area contributed by atoms with Crippen molar-refractivity contribution in [3.05, 3.63) is 81.6 Å². The molecule has 174 valence electrons. The molecule has 0 saturated heterocycles. The summed E-state index contributed by atoms with van der Waals surface area (Å²) in [7, 11) is -0.859. The zero-order valence-electron chi connectivity index (χ0n) is 19.6. The van der Waals surface area contributed by atoms with E-state index >= 15 is 0 Å². The van der Waals surface area contributed by atoms with E-state index < -0.39 is 15.4 Å². The summed E-state index contributed by atoms with van der Waals surface area (Å²) in [5, 5.41) is 11.1. The Hall–Kier alpha value is -2.32. The van der Waals surface area contributed by atoms with Crippen molar-refractivity contribution in [3.63, 3.8) is 0 Å². The molecular weight excluding hydrogens is 457 g/mol.